The highest BCUT2D eigenvalue weighted by molar-refractivity contribution is 7.10. The van der Waals surface area contributed by atoms with Gasteiger partial charge in [-0.3, -0.25) is 4.79 Å². The number of nitrogens with zero attached hydrogens (tertiary/aromatic N) is 1. The molecule has 0 aliphatic carbocycles. The quantitative estimate of drug-likeness (QED) is 0.895. The fourth-order valence-corrected chi connectivity index (χ4v) is 4.07. The Morgan fingerprint density at radius 1 is 1.29 bits per heavy atom. The zero-order valence-electron chi connectivity index (χ0n) is 13.6. The molecule has 1 aromatic heterocycles. The van der Waals surface area contributed by atoms with Gasteiger partial charge in [0, 0.05) is 23.5 Å². The van der Waals surface area contributed by atoms with Crippen LogP contribution in [0.1, 0.15) is 45.7 Å². The van der Waals surface area contributed by atoms with Crippen LogP contribution in [0.4, 0.5) is 4.79 Å². The third-order valence-electron chi connectivity index (χ3n) is 4.42. The summed E-state index contributed by atoms with van der Waals surface area (Å²) in [6, 6.07) is 9.22. The molecule has 2 aromatic rings. The molecule has 0 unspecified atom stereocenters. The lowest BCUT2D eigenvalue weighted by Gasteiger charge is -2.35. The van der Waals surface area contributed by atoms with E-state index in [0.29, 0.717) is 12.1 Å². The average Bonchev–Trinajstić information content (AvgIpc) is 3.07. The van der Waals surface area contributed by atoms with Gasteiger partial charge in [-0.1, -0.05) is 19.1 Å². The van der Waals surface area contributed by atoms with E-state index in [1.54, 1.807) is 23.5 Å². The lowest BCUT2D eigenvalue weighted by Crippen LogP contribution is -2.44. The molecule has 6 heteroatoms. The minimum absolute atomic E-state index is 0.0438. The summed E-state index contributed by atoms with van der Waals surface area (Å²) in [6.07, 6.45) is 1.83. The molecule has 126 valence electrons. The van der Waals surface area contributed by atoms with Crippen molar-refractivity contribution in [1.82, 2.24) is 10.2 Å². The van der Waals surface area contributed by atoms with Crippen LogP contribution in [0.2, 0.25) is 0 Å². The lowest BCUT2D eigenvalue weighted by atomic mass is 9.98. The third-order valence-corrected chi connectivity index (χ3v) is 5.42. The predicted molar refractivity (Wildman–Crippen MR) is 95.0 cm³/mol. The molecule has 1 atom stereocenters. The molecular formula is C18H21N3O2S. The fraction of sp³-hybridized carbons (Fsp3) is 0.333. The fourth-order valence-electron chi connectivity index (χ4n) is 3.15. The van der Waals surface area contributed by atoms with Crippen molar-refractivity contribution < 1.29 is 9.59 Å². The number of primary amides is 1. The highest BCUT2D eigenvalue weighted by Crippen LogP contribution is 2.35. The van der Waals surface area contributed by atoms with Crippen LogP contribution in [0.3, 0.4) is 0 Å². The number of benzene rings is 1. The summed E-state index contributed by atoms with van der Waals surface area (Å²) in [4.78, 5) is 27.0. The highest BCUT2D eigenvalue weighted by atomic mass is 32.1. The summed E-state index contributed by atoms with van der Waals surface area (Å²) in [5.74, 6) is -0.448. The normalized spacial score (nSPS) is 16.5. The van der Waals surface area contributed by atoms with Crippen LogP contribution in [0.25, 0.3) is 0 Å². The van der Waals surface area contributed by atoms with Crippen LogP contribution >= 0.6 is 11.3 Å². The van der Waals surface area contributed by atoms with Crippen LogP contribution in [-0.4, -0.2) is 23.4 Å². The number of carbonyl (C=O) groups is 2. The SMILES string of the molecule is CC[C@H]1c2ccsc2CCN1C(=O)NCc1ccc(C(N)=O)cc1. The van der Waals surface area contributed by atoms with Gasteiger partial charge in [-0.15, -0.1) is 11.3 Å². The van der Waals surface area contributed by atoms with E-state index in [1.807, 2.05) is 17.0 Å². The van der Waals surface area contributed by atoms with Crippen LogP contribution in [0, 0.1) is 0 Å². The molecule has 0 radical (unpaired) electrons. The number of carbonyl (C=O) groups excluding carboxylic acids is 2. The summed E-state index contributed by atoms with van der Waals surface area (Å²) in [7, 11) is 0. The van der Waals surface area contributed by atoms with E-state index >= 15 is 0 Å². The van der Waals surface area contributed by atoms with Gasteiger partial charge in [-0.2, -0.15) is 0 Å². The van der Waals surface area contributed by atoms with Gasteiger partial charge in [0.25, 0.3) is 0 Å². The number of amides is 3. The Balaban J connectivity index is 1.63. The van der Waals surface area contributed by atoms with Crippen molar-refractivity contribution in [3.05, 3.63) is 57.3 Å². The largest absolute Gasteiger partial charge is 0.366 e. The van der Waals surface area contributed by atoms with Gasteiger partial charge in [-0.25, -0.2) is 4.79 Å². The third kappa shape index (κ3) is 3.28. The molecule has 2 heterocycles. The second-order valence-corrected chi connectivity index (χ2v) is 6.89. The van der Waals surface area contributed by atoms with Gasteiger partial charge in [0.2, 0.25) is 5.91 Å². The summed E-state index contributed by atoms with van der Waals surface area (Å²) < 4.78 is 0. The number of hydrogen-bond acceptors (Lipinski definition) is 3. The maximum atomic E-state index is 12.6. The van der Waals surface area contributed by atoms with Crippen molar-refractivity contribution in [1.29, 1.82) is 0 Å². The molecule has 3 N–H and O–H groups in total. The first-order valence-electron chi connectivity index (χ1n) is 8.09. The molecule has 0 saturated carbocycles. The highest BCUT2D eigenvalue weighted by Gasteiger charge is 2.30. The zero-order chi connectivity index (χ0) is 17.1. The Bertz CT molecular complexity index is 739. The number of hydrogen-bond donors (Lipinski definition) is 2. The van der Waals surface area contributed by atoms with Crippen LogP contribution in [0.15, 0.2) is 35.7 Å². The smallest absolute Gasteiger partial charge is 0.318 e. The van der Waals surface area contributed by atoms with E-state index < -0.39 is 5.91 Å². The maximum absolute atomic E-state index is 12.6. The van der Waals surface area contributed by atoms with E-state index in [9.17, 15) is 9.59 Å². The van der Waals surface area contributed by atoms with Gasteiger partial charge in [0.1, 0.15) is 0 Å². The number of nitrogens with one attached hydrogen (secondary N) is 1. The van der Waals surface area contributed by atoms with Crippen molar-refractivity contribution in [3.63, 3.8) is 0 Å². The Labute approximate surface area is 145 Å². The van der Waals surface area contributed by atoms with Gasteiger partial charge >= 0.3 is 6.03 Å². The summed E-state index contributed by atoms with van der Waals surface area (Å²) >= 11 is 1.78. The number of nitrogens with two attached hydrogens (primary N) is 1. The Kier molecular flexibility index (Phi) is 4.85. The molecule has 0 bridgehead atoms. The Morgan fingerprint density at radius 2 is 2.04 bits per heavy atom. The molecule has 24 heavy (non-hydrogen) atoms. The second-order valence-electron chi connectivity index (χ2n) is 5.89. The predicted octanol–water partition coefficient (Wildman–Crippen LogP) is 3.07. The lowest BCUT2D eigenvalue weighted by molar-refractivity contribution is 0.1000. The number of urea groups is 1. The van der Waals surface area contributed by atoms with Gasteiger partial charge in [-0.05, 0) is 47.5 Å². The first-order valence-corrected chi connectivity index (χ1v) is 8.97. The Hall–Kier alpha value is -2.34. The zero-order valence-corrected chi connectivity index (χ0v) is 14.4. The van der Waals surface area contributed by atoms with Crippen LogP contribution in [-0.2, 0) is 13.0 Å². The maximum Gasteiger partial charge on any atom is 0.318 e. The molecular weight excluding hydrogens is 322 g/mol. The van der Waals surface area contributed by atoms with E-state index in [4.69, 9.17) is 5.73 Å². The summed E-state index contributed by atoms with van der Waals surface area (Å²) in [5.41, 5.74) is 7.93. The van der Waals surface area contributed by atoms with Gasteiger partial charge in [0.05, 0.1) is 6.04 Å². The number of thiophene rings is 1. The van der Waals surface area contributed by atoms with Crippen molar-refractivity contribution in [2.45, 2.75) is 32.4 Å². The molecule has 0 fully saturated rings. The van der Waals surface area contributed by atoms with E-state index in [-0.39, 0.29) is 12.1 Å². The van der Waals surface area contributed by atoms with Crippen molar-refractivity contribution in [2.24, 2.45) is 5.73 Å². The van der Waals surface area contributed by atoms with E-state index in [0.717, 1.165) is 24.9 Å². The van der Waals surface area contributed by atoms with Gasteiger partial charge < -0.3 is 16.0 Å². The summed E-state index contributed by atoms with van der Waals surface area (Å²) in [6.45, 7) is 3.29. The molecule has 3 rings (SSSR count). The molecule has 0 saturated heterocycles. The molecule has 3 amide bonds. The van der Waals surface area contributed by atoms with Gasteiger partial charge in [0.15, 0.2) is 0 Å². The standard InChI is InChI=1S/C18H21N3O2S/c1-2-15-14-8-10-24-16(14)7-9-21(15)18(23)20-11-12-3-5-13(6-4-12)17(19)22/h3-6,8,10,15H,2,7,9,11H2,1H3,(H2,19,22)(H,20,23)/t15-/m0/s1. The topological polar surface area (TPSA) is 75.4 Å². The molecule has 0 spiro atoms. The number of rotatable bonds is 4. The second kappa shape index (κ2) is 7.05. The van der Waals surface area contributed by atoms with Crippen LogP contribution < -0.4 is 11.1 Å². The first-order chi connectivity index (χ1) is 11.6. The summed E-state index contributed by atoms with van der Waals surface area (Å²) in [5, 5.41) is 5.09. The molecule has 1 aromatic carbocycles. The van der Waals surface area contributed by atoms with Crippen molar-refractivity contribution >= 4 is 23.3 Å². The Morgan fingerprint density at radius 3 is 2.71 bits per heavy atom. The molecule has 5 nitrogen and oxygen atoms in total. The molecule has 1 aliphatic rings. The van der Waals surface area contributed by atoms with Crippen molar-refractivity contribution in [2.75, 3.05) is 6.54 Å². The van der Waals surface area contributed by atoms with E-state index in [2.05, 4.69) is 23.7 Å². The van der Waals surface area contributed by atoms with Crippen molar-refractivity contribution in [3.8, 4) is 0 Å². The minimum atomic E-state index is -0.448. The molecule has 1 aliphatic heterocycles. The minimum Gasteiger partial charge on any atom is -0.366 e. The van der Waals surface area contributed by atoms with E-state index in [1.165, 1.54) is 10.4 Å². The number of fused-ring (bicyclic) bond motifs is 1. The first kappa shape index (κ1) is 16.5. The monoisotopic (exact) mass is 343 g/mol. The van der Waals surface area contributed by atoms with Crippen LogP contribution in [0.5, 0.6) is 0 Å². The average molecular weight is 343 g/mol.